The molecule has 4 N–H and O–H groups in total. The molecule has 0 aliphatic rings. The highest BCUT2D eigenvalue weighted by Crippen LogP contribution is 2.09. The Hall–Kier alpha value is -0.160. The van der Waals surface area contributed by atoms with Gasteiger partial charge in [0.1, 0.15) is 0 Å². The van der Waals surface area contributed by atoms with Crippen LogP contribution < -0.4 is 0 Å². The molecule has 0 spiro atoms. The number of aliphatic hydroxyl groups excluding tert-OH is 3. The molecule has 0 heterocycles. The lowest BCUT2D eigenvalue weighted by atomic mass is 10.0. The summed E-state index contributed by atoms with van der Waals surface area (Å²) in [6, 6.07) is 0. The molecule has 0 aromatic heterocycles. The first kappa shape index (κ1) is 18.2. The zero-order valence-corrected chi connectivity index (χ0v) is 11.3. The van der Waals surface area contributed by atoms with Gasteiger partial charge in [0.2, 0.25) is 0 Å². The second-order valence-electron chi connectivity index (χ2n) is 5.21. The summed E-state index contributed by atoms with van der Waals surface area (Å²) in [5.74, 6) is -0.0185. The average molecular weight is 236 g/mol. The third-order valence-corrected chi connectivity index (χ3v) is 2.32. The topological polar surface area (TPSA) is 80.9 Å². The van der Waals surface area contributed by atoms with E-state index < -0.39 is 23.9 Å². The highest BCUT2D eigenvalue weighted by molar-refractivity contribution is 4.67. The van der Waals surface area contributed by atoms with Crippen LogP contribution in [0.15, 0.2) is 0 Å². The van der Waals surface area contributed by atoms with Gasteiger partial charge < -0.3 is 20.4 Å². The maximum absolute atomic E-state index is 9.03. The Morgan fingerprint density at radius 2 is 1.19 bits per heavy atom. The lowest BCUT2D eigenvalue weighted by Crippen LogP contribution is -2.24. The van der Waals surface area contributed by atoms with Gasteiger partial charge in [-0.1, -0.05) is 6.92 Å². The molecule has 4 heteroatoms. The summed E-state index contributed by atoms with van der Waals surface area (Å²) in [7, 11) is 0. The Labute approximate surface area is 98.9 Å². The van der Waals surface area contributed by atoms with Crippen molar-refractivity contribution in [3.63, 3.8) is 0 Å². The molecule has 3 atom stereocenters. The van der Waals surface area contributed by atoms with E-state index in [-0.39, 0.29) is 5.92 Å². The number of rotatable bonds is 4. The summed E-state index contributed by atoms with van der Waals surface area (Å²) >= 11 is 0. The lowest BCUT2D eigenvalue weighted by Gasteiger charge is -2.17. The number of aliphatic hydroxyl groups is 4. The summed E-state index contributed by atoms with van der Waals surface area (Å²) in [5.41, 5.74) is -0.728. The molecule has 100 valence electrons. The molecule has 0 rings (SSSR count). The van der Waals surface area contributed by atoms with Gasteiger partial charge >= 0.3 is 0 Å². The van der Waals surface area contributed by atoms with E-state index in [2.05, 4.69) is 0 Å². The van der Waals surface area contributed by atoms with Gasteiger partial charge in [-0.3, -0.25) is 0 Å². The highest BCUT2D eigenvalue weighted by Gasteiger charge is 2.14. The Morgan fingerprint density at radius 1 is 0.875 bits per heavy atom. The molecule has 0 aromatic rings. The van der Waals surface area contributed by atoms with Gasteiger partial charge in [-0.15, -0.1) is 0 Å². The van der Waals surface area contributed by atoms with Crippen molar-refractivity contribution in [2.45, 2.75) is 71.9 Å². The minimum Gasteiger partial charge on any atom is -0.393 e. The van der Waals surface area contributed by atoms with E-state index in [1.54, 1.807) is 34.6 Å². The minimum absolute atomic E-state index is 0.0185. The van der Waals surface area contributed by atoms with Crippen molar-refractivity contribution in [3.05, 3.63) is 0 Å². The van der Waals surface area contributed by atoms with Crippen molar-refractivity contribution in [1.29, 1.82) is 0 Å². The molecule has 0 fully saturated rings. The molecule has 0 amide bonds. The summed E-state index contributed by atoms with van der Waals surface area (Å²) in [6.45, 7) is 10.2. The predicted molar refractivity (Wildman–Crippen MR) is 65.1 cm³/mol. The van der Waals surface area contributed by atoms with Crippen molar-refractivity contribution < 1.29 is 20.4 Å². The molecule has 3 unspecified atom stereocenters. The molecule has 4 nitrogen and oxygen atoms in total. The molecule has 0 radical (unpaired) electrons. The first-order valence-corrected chi connectivity index (χ1v) is 5.74. The third-order valence-electron chi connectivity index (χ3n) is 2.32. The fourth-order valence-corrected chi connectivity index (χ4v) is 1.13. The van der Waals surface area contributed by atoms with Gasteiger partial charge in [-0.05, 0) is 34.6 Å². The van der Waals surface area contributed by atoms with Gasteiger partial charge in [0, 0.05) is 12.3 Å². The zero-order chi connectivity index (χ0) is 13.5. The summed E-state index contributed by atoms with van der Waals surface area (Å²) in [5, 5.41) is 35.4. The van der Waals surface area contributed by atoms with Gasteiger partial charge in [0.15, 0.2) is 0 Å². The van der Waals surface area contributed by atoms with E-state index >= 15 is 0 Å². The average Bonchev–Trinajstić information content (AvgIpc) is 1.98. The van der Waals surface area contributed by atoms with E-state index in [0.29, 0.717) is 6.42 Å². The molecule has 0 aromatic carbocycles. The smallest absolute Gasteiger partial charge is 0.0616 e. The van der Waals surface area contributed by atoms with Crippen molar-refractivity contribution in [3.8, 4) is 0 Å². The quantitative estimate of drug-likeness (QED) is 0.585. The van der Waals surface area contributed by atoms with Crippen LogP contribution in [0.3, 0.4) is 0 Å². The number of hydrogen-bond acceptors (Lipinski definition) is 4. The van der Waals surface area contributed by atoms with Crippen LogP contribution >= 0.6 is 0 Å². The second kappa shape index (κ2) is 8.01. The third kappa shape index (κ3) is 13.8. The van der Waals surface area contributed by atoms with Crippen LogP contribution in [0.1, 0.15) is 48.0 Å². The summed E-state index contributed by atoms with van der Waals surface area (Å²) in [6.07, 6.45) is -0.785. The monoisotopic (exact) mass is 236 g/mol. The molecule has 0 saturated carbocycles. The molecular weight excluding hydrogens is 208 g/mol. The van der Waals surface area contributed by atoms with Gasteiger partial charge in [0.05, 0.1) is 23.9 Å². The van der Waals surface area contributed by atoms with Crippen LogP contribution in [-0.4, -0.2) is 44.3 Å². The van der Waals surface area contributed by atoms with Crippen LogP contribution in [-0.2, 0) is 0 Å². The fourth-order valence-electron chi connectivity index (χ4n) is 1.13. The highest BCUT2D eigenvalue weighted by atomic mass is 16.3. The summed E-state index contributed by atoms with van der Waals surface area (Å²) < 4.78 is 0. The Bertz CT molecular complexity index is 151. The molecule has 0 saturated heterocycles. The molecule has 0 bridgehead atoms. The van der Waals surface area contributed by atoms with Crippen molar-refractivity contribution in [1.82, 2.24) is 0 Å². The molecule has 16 heavy (non-hydrogen) atoms. The maximum Gasteiger partial charge on any atom is 0.0616 e. The maximum atomic E-state index is 9.03. The zero-order valence-electron chi connectivity index (χ0n) is 11.3. The van der Waals surface area contributed by atoms with Crippen molar-refractivity contribution in [2.24, 2.45) is 5.92 Å². The van der Waals surface area contributed by atoms with Gasteiger partial charge in [-0.2, -0.15) is 0 Å². The Morgan fingerprint density at radius 3 is 1.19 bits per heavy atom. The molecule has 0 aliphatic carbocycles. The van der Waals surface area contributed by atoms with Crippen LogP contribution in [0, 0.1) is 5.92 Å². The normalized spacial score (nSPS) is 19.1. The van der Waals surface area contributed by atoms with Gasteiger partial charge in [0.25, 0.3) is 0 Å². The van der Waals surface area contributed by atoms with E-state index in [9.17, 15) is 0 Å². The van der Waals surface area contributed by atoms with Gasteiger partial charge in [-0.25, -0.2) is 0 Å². The first-order chi connectivity index (χ1) is 6.97. The first-order valence-electron chi connectivity index (χ1n) is 5.74. The largest absolute Gasteiger partial charge is 0.393 e. The minimum atomic E-state index is -0.728. The molecule has 0 aliphatic heterocycles. The van der Waals surface area contributed by atoms with Crippen LogP contribution in [0.4, 0.5) is 0 Å². The fraction of sp³-hybridized carbons (Fsp3) is 1.00. The standard InChI is InChI=1S/2C6H14O2/c1-5(7)4-6(2,3)8;1-4(5(2)7)6(3)8/h5,7-8H,4H2,1-3H3;4-8H,1-3H3. The SMILES string of the molecule is CC(O)C(C)C(C)O.CC(O)CC(C)(C)O. The predicted octanol–water partition coefficient (Wildman–Crippen LogP) is 0.912. The Balaban J connectivity index is 0. The van der Waals surface area contributed by atoms with Crippen LogP contribution in [0.25, 0.3) is 0 Å². The van der Waals surface area contributed by atoms with Crippen molar-refractivity contribution >= 4 is 0 Å². The van der Waals surface area contributed by atoms with Crippen LogP contribution in [0.5, 0.6) is 0 Å². The van der Waals surface area contributed by atoms with E-state index in [4.69, 9.17) is 20.4 Å². The van der Waals surface area contributed by atoms with Crippen LogP contribution in [0.2, 0.25) is 0 Å². The van der Waals surface area contributed by atoms with Crippen molar-refractivity contribution in [2.75, 3.05) is 0 Å². The Kier molecular flexibility index (Phi) is 9.12. The lowest BCUT2D eigenvalue weighted by molar-refractivity contribution is 0.0248. The van der Waals surface area contributed by atoms with E-state index in [0.717, 1.165) is 0 Å². The summed E-state index contributed by atoms with van der Waals surface area (Å²) in [4.78, 5) is 0. The number of hydrogen-bond donors (Lipinski definition) is 4. The second-order valence-corrected chi connectivity index (χ2v) is 5.21. The van der Waals surface area contributed by atoms with E-state index in [1.807, 2.05) is 6.92 Å². The van der Waals surface area contributed by atoms with E-state index in [1.165, 1.54) is 0 Å². The molecular formula is C12H28O4.